The van der Waals surface area contributed by atoms with Crippen molar-refractivity contribution in [1.29, 1.82) is 0 Å². The van der Waals surface area contributed by atoms with E-state index in [1.165, 1.54) is 31.3 Å². The summed E-state index contributed by atoms with van der Waals surface area (Å²) in [6.45, 7) is 4.45. The summed E-state index contributed by atoms with van der Waals surface area (Å²) >= 11 is 0. The Morgan fingerprint density at radius 1 is 1.25 bits per heavy atom. The predicted molar refractivity (Wildman–Crippen MR) is 55.7 cm³/mol. The SMILES string of the molecule is CCC1=CC=C2[C]=PC(CC)=C21. The summed E-state index contributed by atoms with van der Waals surface area (Å²) in [5.74, 6) is 3.39. The minimum Gasteiger partial charge on any atom is -0.0626 e. The first-order valence-electron chi connectivity index (χ1n) is 4.48. The Kier molecular flexibility index (Phi) is 2.02. The molecule has 12 heavy (non-hydrogen) atoms. The molecule has 0 aromatic heterocycles. The maximum atomic E-state index is 3.39. The summed E-state index contributed by atoms with van der Waals surface area (Å²) in [6.07, 6.45) is 6.75. The van der Waals surface area contributed by atoms with Crippen LogP contribution in [-0.2, 0) is 0 Å². The molecule has 0 saturated carbocycles. The van der Waals surface area contributed by atoms with Crippen LogP contribution in [-0.4, -0.2) is 5.80 Å². The van der Waals surface area contributed by atoms with Crippen LogP contribution in [0.3, 0.4) is 0 Å². The first kappa shape index (κ1) is 8.01. The third-order valence-corrected chi connectivity index (χ3v) is 3.52. The van der Waals surface area contributed by atoms with Gasteiger partial charge in [0.1, 0.15) is 0 Å². The largest absolute Gasteiger partial charge is 0.0626 e. The van der Waals surface area contributed by atoms with E-state index in [0.29, 0.717) is 0 Å². The second-order valence-corrected chi connectivity index (χ2v) is 4.01. The maximum absolute atomic E-state index is 3.39. The zero-order chi connectivity index (χ0) is 8.55. The van der Waals surface area contributed by atoms with Gasteiger partial charge in [-0.15, -0.1) is 0 Å². The number of fused-ring (bicyclic) bond motifs is 1. The fourth-order valence-corrected chi connectivity index (χ4v) is 2.67. The van der Waals surface area contributed by atoms with Crippen LogP contribution < -0.4 is 0 Å². The molecule has 0 N–H and O–H groups in total. The fourth-order valence-electron chi connectivity index (χ4n) is 1.69. The van der Waals surface area contributed by atoms with Crippen molar-refractivity contribution in [2.75, 3.05) is 0 Å². The average Bonchev–Trinajstić information content (AvgIpc) is 2.62. The van der Waals surface area contributed by atoms with E-state index in [1.807, 2.05) is 0 Å². The molecule has 0 nitrogen and oxygen atoms in total. The summed E-state index contributed by atoms with van der Waals surface area (Å²) in [4.78, 5) is 0. The van der Waals surface area contributed by atoms with Crippen molar-refractivity contribution in [3.8, 4) is 0 Å². The first-order chi connectivity index (χ1) is 5.86. The molecular formula is C11H12P. The molecule has 2 aliphatic rings. The molecule has 61 valence electrons. The summed E-state index contributed by atoms with van der Waals surface area (Å²) in [7, 11) is 1.30. The molecular weight excluding hydrogens is 163 g/mol. The minimum absolute atomic E-state index is 1.15. The summed E-state index contributed by atoms with van der Waals surface area (Å²) < 4.78 is 0. The smallest absolute Gasteiger partial charge is 0.0224 e. The zero-order valence-corrected chi connectivity index (χ0v) is 8.41. The number of allylic oxidation sites excluding steroid dienone is 6. The van der Waals surface area contributed by atoms with Gasteiger partial charge in [0.2, 0.25) is 0 Å². The highest BCUT2D eigenvalue weighted by molar-refractivity contribution is 7.44. The van der Waals surface area contributed by atoms with Crippen LogP contribution in [0.4, 0.5) is 0 Å². The molecule has 0 spiro atoms. The molecule has 0 fully saturated rings. The van der Waals surface area contributed by atoms with Gasteiger partial charge in [-0.1, -0.05) is 34.2 Å². The van der Waals surface area contributed by atoms with Crippen molar-refractivity contribution in [3.05, 3.63) is 34.2 Å². The third-order valence-electron chi connectivity index (χ3n) is 2.36. The average molecular weight is 175 g/mol. The van der Waals surface area contributed by atoms with Crippen LogP contribution in [0.1, 0.15) is 26.7 Å². The van der Waals surface area contributed by atoms with Crippen LogP contribution in [0.15, 0.2) is 34.2 Å². The van der Waals surface area contributed by atoms with Gasteiger partial charge in [-0.3, -0.25) is 0 Å². The van der Waals surface area contributed by atoms with Crippen molar-refractivity contribution in [3.63, 3.8) is 0 Å². The topological polar surface area (TPSA) is 0 Å². The van der Waals surface area contributed by atoms with Gasteiger partial charge < -0.3 is 0 Å². The van der Waals surface area contributed by atoms with E-state index >= 15 is 0 Å². The van der Waals surface area contributed by atoms with Gasteiger partial charge in [0.05, 0.1) is 0 Å². The Morgan fingerprint density at radius 2 is 2.08 bits per heavy atom. The second-order valence-electron chi connectivity index (χ2n) is 3.02. The van der Waals surface area contributed by atoms with Crippen molar-refractivity contribution < 1.29 is 0 Å². The minimum atomic E-state index is 1.15. The van der Waals surface area contributed by atoms with Crippen molar-refractivity contribution >= 4 is 14.0 Å². The van der Waals surface area contributed by atoms with Crippen LogP contribution in [0.25, 0.3) is 0 Å². The Bertz CT molecular complexity index is 327. The van der Waals surface area contributed by atoms with Gasteiger partial charge in [0.25, 0.3) is 0 Å². The molecule has 2 rings (SSSR count). The van der Waals surface area contributed by atoms with Crippen molar-refractivity contribution in [2.24, 2.45) is 0 Å². The van der Waals surface area contributed by atoms with Gasteiger partial charge in [0, 0.05) is 5.80 Å². The molecule has 0 atom stereocenters. The molecule has 0 saturated heterocycles. The van der Waals surface area contributed by atoms with Crippen LogP contribution in [0, 0.1) is 0 Å². The molecule has 0 amide bonds. The van der Waals surface area contributed by atoms with E-state index in [-0.39, 0.29) is 0 Å². The van der Waals surface area contributed by atoms with E-state index in [4.69, 9.17) is 0 Å². The number of rotatable bonds is 2. The second kappa shape index (κ2) is 3.03. The highest BCUT2D eigenvalue weighted by Gasteiger charge is 2.20. The van der Waals surface area contributed by atoms with E-state index in [1.54, 1.807) is 5.31 Å². The highest BCUT2D eigenvalue weighted by Crippen LogP contribution is 2.41. The molecule has 1 aliphatic carbocycles. The molecule has 1 heterocycles. The summed E-state index contributed by atoms with van der Waals surface area (Å²) in [5, 5.41) is 1.55. The first-order valence-corrected chi connectivity index (χ1v) is 5.37. The maximum Gasteiger partial charge on any atom is 0.0224 e. The fraction of sp³-hybridized carbons (Fsp3) is 0.364. The summed E-state index contributed by atoms with van der Waals surface area (Å²) in [5.41, 5.74) is 4.34. The number of hydrogen-bond donors (Lipinski definition) is 0. The molecule has 0 aromatic rings. The lowest BCUT2D eigenvalue weighted by atomic mass is 10.0. The zero-order valence-electron chi connectivity index (χ0n) is 7.52. The lowest BCUT2D eigenvalue weighted by Gasteiger charge is -2.04. The van der Waals surface area contributed by atoms with Gasteiger partial charge in [-0.05, 0) is 34.9 Å². The van der Waals surface area contributed by atoms with Gasteiger partial charge >= 0.3 is 0 Å². The molecule has 1 radical (unpaired) electrons. The highest BCUT2D eigenvalue weighted by atomic mass is 31.1. The van der Waals surface area contributed by atoms with Gasteiger partial charge in [-0.25, -0.2) is 0 Å². The normalized spacial score (nSPS) is 21.2. The Labute approximate surface area is 75.5 Å². The molecule has 0 unspecified atom stereocenters. The van der Waals surface area contributed by atoms with E-state index in [9.17, 15) is 0 Å². The lowest BCUT2D eigenvalue weighted by Crippen LogP contribution is -1.87. The molecule has 0 aromatic carbocycles. The summed E-state index contributed by atoms with van der Waals surface area (Å²) in [6, 6.07) is 0. The van der Waals surface area contributed by atoms with E-state index in [0.717, 1.165) is 6.42 Å². The van der Waals surface area contributed by atoms with Crippen LogP contribution >= 0.6 is 8.20 Å². The Hall–Kier alpha value is -0.610. The van der Waals surface area contributed by atoms with Gasteiger partial charge in [-0.2, -0.15) is 0 Å². The Morgan fingerprint density at radius 3 is 2.75 bits per heavy atom. The quantitative estimate of drug-likeness (QED) is 0.563. The molecule has 1 aliphatic heterocycles. The van der Waals surface area contributed by atoms with Crippen LogP contribution in [0.2, 0.25) is 0 Å². The predicted octanol–water partition coefficient (Wildman–Crippen LogP) is 3.57. The van der Waals surface area contributed by atoms with Crippen molar-refractivity contribution in [1.82, 2.24) is 0 Å². The van der Waals surface area contributed by atoms with Crippen molar-refractivity contribution in [2.45, 2.75) is 26.7 Å². The standard InChI is InChI=1S/C11H12P/c1-3-8-5-6-9-7-12-10(4-2)11(8)9/h5-6H,3-4H2,1-2H3. The van der Waals surface area contributed by atoms with Gasteiger partial charge in [0.15, 0.2) is 0 Å². The Balaban J connectivity index is 2.43. The molecule has 0 bridgehead atoms. The number of hydrogen-bond acceptors (Lipinski definition) is 0. The van der Waals surface area contributed by atoms with Crippen LogP contribution in [0.5, 0.6) is 0 Å². The van der Waals surface area contributed by atoms with E-state index < -0.39 is 0 Å². The third kappa shape index (κ3) is 1.03. The molecule has 1 heteroatoms. The van der Waals surface area contributed by atoms with E-state index in [2.05, 4.69) is 31.8 Å². The lowest BCUT2D eigenvalue weighted by molar-refractivity contribution is 1.10. The monoisotopic (exact) mass is 175 g/mol.